The maximum absolute atomic E-state index is 12.6. The predicted molar refractivity (Wildman–Crippen MR) is 93.2 cm³/mol. The number of amides is 1. The number of nitrogens with zero attached hydrogens (tertiary/aromatic N) is 1. The normalized spacial score (nSPS) is 21.2. The molecule has 2 heterocycles. The minimum atomic E-state index is 0.0178. The molecule has 1 saturated heterocycles. The average molecular weight is 330 g/mol. The smallest absolute Gasteiger partial charge is 0.263 e. The van der Waals surface area contributed by atoms with Crippen LogP contribution in [0.2, 0.25) is 0 Å². The van der Waals surface area contributed by atoms with Crippen LogP contribution in [0.1, 0.15) is 34.5 Å². The molecular weight excluding hydrogens is 308 g/mol. The highest BCUT2D eigenvalue weighted by Crippen LogP contribution is 2.29. The lowest BCUT2D eigenvalue weighted by Crippen LogP contribution is -2.48. The lowest BCUT2D eigenvalue weighted by molar-refractivity contribution is 0.0694. The number of carbonyl (C=O) groups is 1. The zero-order valence-electron chi connectivity index (χ0n) is 13.3. The summed E-state index contributed by atoms with van der Waals surface area (Å²) in [5.74, 6) is 1.24. The van der Waals surface area contributed by atoms with Gasteiger partial charge in [0.05, 0.1) is 11.5 Å². The van der Waals surface area contributed by atoms with Gasteiger partial charge in [-0.05, 0) is 42.5 Å². The lowest BCUT2D eigenvalue weighted by atomic mass is 9.88. The average Bonchev–Trinajstić information content (AvgIpc) is 3.09. The van der Waals surface area contributed by atoms with E-state index in [4.69, 9.17) is 10.5 Å². The fraction of sp³-hybridized carbons (Fsp3) is 0.389. The number of benzene rings is 1. The van der Waals surface area contributed by atoms with Crippen molar-refractivity contribution in [2.45, 2.75) is 25.3 Å². The summed E-state index contributed by atoms with van der Waals surface area (Å²) in [5, 5.41) is 1.93. The number of likely N-dealkylation sites (tertiary alicyclic amines) is 1. The van der Waals surface area contributed by atoms with Gasteiger partial charge in [-0.15, -0.1) is 11.3 Å². The van der Waals surface area contributed by atoms with Crippen molar-refractivity contribution in [3.05, 3.63) is 52.2 Å². The largest absolute Gasteiger partial charge is 0.494 e. The van der Waals surface area contributed by atoms with Crippen molar-refractivity contribution in [3.63, 3.8) is 0 Å². The predicted octanol–water partition coefficient (Wildman–Crippen LogP) is 3.10. The van der Waals surface area contributed by atoms with Crippen molar-refractivity contribution < 1.29 is 9.53 Å². The molecule has 2 aromatic rings. The summed E-state index contributed by atoms with van der Waals surface area (Å²) in [6.45, 7) is 3.99. The summed E-state index contributed by atoms with van der Waals surface area (Å²) < 4.78 is 5.49. The number of nitrogens with two attached hydrogens (primary N) is 1. The maximum Gasteiger partial charge on any atom is 0.263 e. The van der Waals surface area contributed by atoms with Crippen LogP contribution in [0.4, 0.5) is 0 Å². The summed E-state index contributed by atoms with van der Waals surface area (Å²) in [7, 11) is 0. The number of ether oxygens (including phenoxy) is 1. The molecule has 1 aliphatic rings. The van der Waals surface area contributed by atoms with E-state index in [-0.39, 0.29) is 17.9 Å². The molecule has 0 spiro atoms. The van der Waals surface area contributed by atoms with E-state index < -0.39 is 0 Å². The lowest BCUT2D eigenvalue weighted by Gasteiger charge is -2.36. The van der Waals surface area contributed by atoms with Gasteiger partial charge in [0, 0.05) is 25.0 Å². The number of hydrogen-bond donors (Lipinski definition) is 1. The highest BCUT2D eigenvalue weighted by atomic mass is 32.1. The summed E-state index contributed by atoms with van der Waals surface area (Å²) >= 11 is 1.48. The molecule has 0 radical (unpaired) electrons. The third-order valence-corrected chi connectivity index (χ3v) is 5.02. The molecule has 1 aromatic heterocycles. The van der Waals surface area contributed by atoms with E-state index in [0.717, 1.165) is 23.6 Å². The van der Waals surface area contributed by atoms with Crippen LogP contribution in [0.15, 0.2) is 41.8 Å². The summed E-state index contributed by atoms with van der Waals surface area (Å²) in [6.07, 6.45) is 0.905. The Morgan fingerprint density at radius 3 is 2.74 bits per heavy atom. The molecule has 3 rings (SSSR count). The van der Waals surface area contributed by atoms with Gasteiger partial charge in [0.1, 0.15) is 5.75 Å². The first kappa shape index (κ1) is 16.0. The van der Waals surface area contributed by atoms with Crippen LogP contribution in [0.3, 0.4) is 0 Å². The van der Waals surface area contributed by atoms with Crippen LogP contribution in [0.5, 0.6) is 5.75 Å². The first-order chi connectivity index (χ1) is 11.2. The van der Waals surface area contributed by atoms with Crippen molar-refractivity contribution >= 4 is 17.2 Å². The van der Waals surface area contributed by atoms with E-state index >= 15 is 0 Å². The van der Waals surface area contributed by atoms with Gasteiger partial charge in [0.25, 0.3) is 5.91 Å². The van der Waals surface area contributed by atoms with E-state index in [1.807, 2.05) is 41.5 Å². The van der Waals surface area contributed by atoms with E-state index in [2.05, 4.69) is 12.1 Å². The second-order valence-electron chi connectivity index (χ2n) is 5.88. The number of thiophene rings is 1. The fourth-order valence-electron chi connectivity index (χ4n) is 3.10. The van der Waals surface area contributed by atoms with Crippen LogP contribution in [-0.2, 0) is 0 Å². The minimum absolute atomic E-state index is 0.0178. The minimum Gasteiger partial charge on any atom is -0.494 e. The third kappa shape index (κ3) is 3.74. The van der Waals surface area contributed by atoms with Gasteiger partial charge in [-0.25, -0.2) is 0 Å². The van der Waals surface area contributed by atoms with E-state index in [1.54, 1.807) is 0 Å². The van der Waals surface area contributed by atoms with Crippen molar-refractivity contribution in [2.75, 3.05) is 19.7 Å². The zero-order valence-corrected chi connectivity index (χ0v) is 14.1. The molecule has 4 nitrogen and oxygen atoms in total. The SMILES string of the molecule is CCOc1ccc(C2CC(N)CN(C(=O)c3cccs3)C2)cc1. The van der Waals surface area contributed by atoms with Crippen LogP contribution in [0.25, 0.3) is 0 Å². The van der Waals surface area contributed by atoms with Gasteiger partial charge in [-0.3, -0.25) is 4.79 Å². The van der Waals surface area contributed by atoms with Gasteiger partial charge in [0.15, 0.2) is 0 Å². The van der Waals surface area contributed by atoms with Crippen LogP contribution in [-0.4, -0.2) is 36.5 Å². The van der Waals surface area contributed by atoms with Crippen molar-refractivity contribution in [2.24, 2.45) is 5.73 Å². The first-order valence-corrected chi connectivity index (χ1v) is 8.86. The molecule has 1 aromatic carbocycles. The molecular formula is C18H22N2O2S. The second-order valence-corrected chi connectivity index (χ2v) is 6.83. The number of piperidine rings is 1. The Balaban J connectivity index is 1.73. The Morgan fingerprint density at radius 1 is 1.30 bits per heavy atom. The highest BCUT2D eigenvalue weighted by Gasteiger charge is 2.29. The summed E-state index contributed by atoms with van der Waals surface area (Å²) in [4.78, 5) is 15.3. The Labute approximate surface area is 140 Å². The summed E-state index contributed by atoms with van der Waals surface area (Å²) in [5.41, 5.74) is 7.42. The molecule has 122 valence electrons. The van der Waals surface area contributed by atoms with Crippen molar-refractivity contribution in [1.29, 1.82) is 0 Å². The second kappa shape index (κ2) is 7.15. The van der Waals surface area contributed by atoms with Crippen LogP contribution < -0.4 is 10.5 Å². The molecule has 1 aliphatic heterocycles. The molecule has 2 atom stereocenters. The highest BCUT2D eigenvalue weighted by molar-refractivity contribution is 7.12. The fourth-order valence-corrected chi connectivity index (χ4v) is 3.80. The van der Waals surface area contributed by atoms with E-state index in [9.17, 15) is 4.79 Å². The van der Waals surface area contributed by atoms with Gasteiger partial charge in [-0.2, -0.15) is 0 Å². The number of hydrogen-bond acceptors (Lipinski definition) is 4. The molecule has 2 unspecified atom stereocenters. The molecule has 0 aliphatic carbocycles. The maximum atomic E-state index is 12.6. The first-order valence-electron chi connectivity index (χ1n) is 7.98. The van der Waals surface area contributed by atoms with Gasteiger partial charge in [0.2, 0.25) is 0 Å². The molecule has 0 saturated carbocycles. The Bertz CT molecular complexity index is 640. The third-order valence-electron chi connectivity index (χ3n) is 4.16. The molecule has 2 N–H and O–H groups in total. The quantitative estimate of drug-likeness (QED) is 0.937. The molecule has 1 amide bonds. The van der Waals surface area contributed by atoms with E-state index in [0.29, 0.717) is 13.2 Å². The number of carbonyl (C=O) groups excluding carboxylic acids is 1. The van der Waals surface area contributed by atoms with Gasteiger partial charge in [-0.1, -0.05) is 18.2 Å². The Morgan fingerprint density at radius 2 is 2.09 bits per heavy atom. The molecule has 0 bridgehead atoms. The zero-order chi connectivity index (χ0) is 16.2. The van der Waals surface area contributed by atoms with Crippen LogP contribution in [0, 0.1) is 0 Å². The molecule has 5 heteroatoms. The van der Waals surface area contributed by atoms with Crippen LogP contribution >= 0.6 is 11.3 Å². The number of rotatable bonds is 4. The molecule has 23 heavy (non-hydrogen) atoms. The Hall–Kier alpha value is -1.85. The molecule has 1 fully saturated rings. The van der Waals surface area contributed by atoms with Gasteiger partial charge >= 0.3 is 0 Å². The topological polar surface area (TPSA) is 55.6 Å². The monoisotopic (exact) mass is 330 g/mol. The van der Waals surface area contributed by atoms with Gasteiger partial charge < -0.3 is 15.4 Å². The van der Waals surface area contributed by atoms with Crippen molar-refractivity contribution in [1.82, 2.24) is 4.90 Å². The standard InChI is InChI=1S/C18H22N2O2S/c1-2-22-16-7-5-13(6-8-16)14-10-15(19)12-20(11-14)18(21)17-4-3-9-23-17/h3-9,14-15H,2,10-12,19H2,1H3. The van der Waals surface area contributed by atoms with E-state index in [1.165, 1.54) is 16.9 Å². The van der Waals surface area contributed by atoms with Crippen molar-refractivity contribution in [3.8, 4) is 5.75 Å². The Kier molecular flexibility index (Phi) is 4.98. The summed E-state index contributed by atoms with van der Waals surface area (Å²) in [6, 6.07) is 12.0.